The molecule has 0 saturated heterocycles. The number of ether oxygens (including phenoxy) is 2. The summed E-state index contributed by atoms with van der Waals surface area (Å²) in [6.45, 7) is 3.73. The molecule has 0 radical (unpaired) electrons. The highest BCUT2D eigenvalue weighted by atomic mass is 19.4. The average molecular weight is 489 g/mol. The highest BCUT2D eigenvalue weighted by molar-refractivity contribution is 5.94. The molecule has 0 aliphatic rings. The van der Waals surface area contributed by atoms with Gasteiger partial charge in [0.15, 0.2) is 0 Å². The Labute approximate surface area is 198 Å². The summed E-state index contributed by atoms with van der Waals surface area (Å²) in [5.74, 6) is 0.0200. The zero-order valence-electron chi connectivity index (χ0n) is 19.1. The molecule has 1 aromatic carbocycles. The largest absolute Gasteiger partial charge is 0.496 e. The molecule has 2 N–H and O–H groups in total. The lowest BCUT2D eigenvalue weighted by Gasteiger charge is -2.19. The minimum atomic E-state index is -4.49. The summed E-state index contributed by atoms with van der Waals surface area (Å²) in [6.07, 6.45) is -2.30. The summed E-state index contributed by atoms with van der Waals surface area (Å²) in [5.41, 5.74) is 6.14. The van der Waals surface area contributed by atoms with Crippen molar-refractivity contribution in [1.29, 1.82) is 0 Å². The standard InChI is InChI=1S/C23H22F3N5O4/c1-5-15(17(31(2)3)12-34-19-9-7-14(11-28-19)23(24,25)26)22-29-21(30-35-22)16-8-6-13(20(27)32)10-18(16)33-4/h5-11H,1,12H2,2-4H3,(H2,27,32)/b17-15+. The molecular weight excluding hydrogens is 467 g/mol. The number of methoxy groups -OCH3 is 1. The molecule has 184 valence electrons. The van der Waals surface area contributed by atoms with Gasteiger partial charge in [-0.15, -0.1) is 0 Å². The van der Waals surface area contributed by atoms with Crippen LogP contribution in [0.25, 0.3) is 17.0 Å². The van der Waals surface area contributed by atoms with Crippen LogP contribution in [-0.4, -0.2) is 53.7 Å². The molecular formula is C23H22F3N5O4. The number of halogens is 3. The maximum absolute atomic E-state index is 12.7. The van der Waals surface area contributed by atoms with Crippen molar-refractivity contribution in [1.82, 2.24) is 20.0 Å². The Balaban J connectivity index is 1.90. The summed E-state index contributed by atoms with van der Waals surface area (Å²) >= 11 is 0. The van der Waals surface area contributed by atoms with Crippen LogP contribution in [0.2, 0.25) is 0 Å². The molecule has 0 saturated carbocycles. The summed E-state index contributed by atoms with van der Waals surface area (Å²) in [5, 5.41) is 3.99. The first-order valence-corrected chi connectivity index (χ1v) is 10.1. The van der Waals surface area contributed by atoms with Crippen molar-refractivity contribution in [3.05, 3.63) is 71.9 Å². The minimum Gasteiger partial charge on any atom is -0.496 e. The number of benzene rings is 1. The Bertz CT molecular complexity index is 1250. The van der Waals surface area contributed by atoms with E-state index in [-0.39, 0.29) is 29.8 Å². The molecule has 35 heavy (non-hydrogen) atoms. The maximum atomic E-state index is 12.7. The van der Waals surface area contributed by atoms with Gasteiger partial charge in [-0.3, -0.25) is 4.79 Å². The number of hydrogen-bond acceptors (Lipinski definition) is 8. The van der Waals surface area contributed by atoms with Crippen molar-refractivity contribution < 1.29 is 32.0 Å². The Kier molecular flexibility index (Phi) is 7.43. The molecule has 0 aliphatic carbocycles. The number of rotatable bonds is 9. The second kappa shape index (κ2) is 10.3. The fourth-order valence-corrected chi connectivity index (χ4v) is 3.02. The van der Waals surface area contributed by atoms with E-state index in [9.17, 15) is 18.0 Å². The number of nitrogens with zero attached hydrogens (tertiary/aromatic N) is 4. The molecule has 9 nitrogen and oxygen atoms in total. The third-order valence-corrected chi connectivity index (χ3v) is 4.86. The normalized spacial score (nSPS) is 12.1. The number of hydrogen-bond donors (Lipinski definition) is 1. The van der Waals surface area contributed by atoms with E-state index in [1.807, 2.05) is 0 Å². The quantitative estimate of drug-likeness (QED) is 0.451. The predicted octanol–water partition coefficient (Wildman–Crippen LogP) is 3.80. The molecule has 12 heteroatoms. The van der Waals surface area contributed by atoms with Gasteiger partial charge < -0.3 is 24.6 Å². The van der Waals surface area contributed by atoms with Crippen molar-refractivity contribution in [2.45, 2.75) is 6.18 Å². The number of likely N-dealkylation sites (N-methyl/N-ethyl adjacent to an activating group) is 1. The van der Waals surface area contributed by atoms with Crippen molar-refractivity contribution in [2.24, 2.45) is 5.73 Å². The first kappa shape index (κ1) is 25.3. The molecule has 0 bridgehead atoms. The van der Waals surface area contributed by atoms with E-state index < -0.39 is 17.6 Å². The second-order valence-corrected chi connectivity index (χ2v) is 7.33. The highest BCUT2D eigenvalue weighted by Gasteiger charge is 2.30. The van der Waals surface area contributed by atoms with Gasteiger partial charge in [-0.2, -0.15) is 18.2 Å². The van der Waals surface area contributed by atoms with Gasteiger partial charge in [0.1, 0.15) is 12.4 Å². The summed E-state index contributed by atoms with van der Waals surface area (Å²) in [4.78, 5) is 21.3. The Morgan fingerprint density at radius 2 is 2.00 bits per heavy atom. The first-order chi connectivity index (χ1) is 16.5. The van der Waals surface area contributed by atoms with E-state index in [0.29, 0.717) is 28.8 Å². The number of carbonyl (C=O) groups excluding carboxylic acids is 1. The molecule has 0 atom stereocenters. The maximum Gasteiger partial charge on any atom is 0.417 e. The van der Waals surface area contributed by atoms with Crippen LogP contribution in [0.3, 0.4) is 0 Å². The van der Waals surface area contributed by atoms with E-state index >= 15 is 0 Å². The molecule has 0 unspecified atom stereocenters. The topological polar surface area (TPSA) is 117 Å². The number of carbonyl (C=O) groups is 1. The predicted molar refractivity (Wildman–Crippen MR) is 120 cm³/mol. The smallest absolute Gasteiger partial charge is 0.417 e. The van der Waals surface area contributed by atoms with Crippen molar-refractivity contribution in [3.8, 4) is 23.0 Å². The number of amides is 1. The zero-order chi connectivity index (χ0) is 25.8. The van der Waals surface area contributed by atoms with Crippen molar-refractivity contribution in [3.63, 3.8) is 0 Å². The fraction of sp³-hybridized carbons (Fsp3) is 0.217. The molecule has 3 aromatic rings. The lowest BCUT2D eigenvalue weighted by Crippen LogP contribution is -2.19. The van der Waals surface area contributed by atoms with Crippen LogP contribution in [-0.2, 0) is 6.18 Å². The number of alkyl halides is 3. The Hall–Kier alpha value is -4.35. The van der Waals surface area contributed by atoms with Gasteiger partial charge in [-0.25, -0.2) is 4.98 Å². The fourth-order valence-electron chi connectivity index (χ4n) is 3.02. The molecule has 2 aromatic heterocycles. The van der Waals surface area contributed by atoms with Gasteiger partial charge in [0.05, 0.1) is 29.5 Å². The van der Waals surface area contributed by atoms with Gasteiger partial charge in [-0.1, -0.05) is 17.8 Å². The van der Waals surface area contributed by atoms with Crippen LogP contribution in [0.5, 0.6) is 11.6 Å². The molecule has 0 aliphatic heterocycles. The van der Waals surface area contributed by atoms with Crippen LogP contribution < -0.4 is 15.2 Å². The number of pyridine rings is 1. The highest BCUT2D eigenvalue weighted by Crippen LogP contribution is 2.31. The number of nitrogens with two attached hydrogens (primary N) is 1. The molecule has 0 spiro atoms. The van der Waals surface area contributed by atoms with E-state index in [2.05, 4.69) is 21.7 Å². The zero-order valence-corrected chi connectivity index (χ0v) is 19.1. The van der Waals surface area contributed by atoms with Crippen LogP contribution in [0, 0.1) is 0 Å². The van der Waals surface area contributed by atoms with E-state index in [1.165, 1.54) is 25.3 Å². The van der Waals surface area contributed by atoms with Crippen LogP contribution in [0.15, 0.2) is 59.4 Å². The molecule has 0 fully saturated rings. The lowest BCUT2D eigenvalue weighted by molar-refractivity contribution is -0.137. The van der Waals surface area contributed by atoms with Gasteiger partial charge in [0.2, 0.25) is 17.6 Å². The van der Waals surface area contributed by atoms with E-state index in [1.54, 1.807) is 25.1 Å². The number of allylic oxidation sites excluding steroid dienone is 2. The first-order valence-electron chi connectivity index (χ1n) is 10.1. The monoisotopic (exact) mass is 489 g/mol. The SMILES string of the molecule is C=C/C(=C(/COc1ccc(C(F)(F)F)cn1)N(C)C)c1nc(-c2ccc(C(N)=O)cc2OC)no1. The number of aromatic nitrogens is 3. The summed E-state index contributed by atoms with van der Waals surface area (Å²) < 4.78 is 54.6. The molecule has 2 heterocycles. The van der Waals surface area contributed by atoms with Crippen molar-refractivity contribution in [2.75, 3.05) is 27.8 Å². The summed E-state index contributed by atoms with van der Waals surface area (Å²) in [6, 6.07) is 6.58. The van der Waals surface area contributed by atoms with Crippen LogP contribution >= 0.6 is 0 Å². The van der Waals surface area contributed by atoms with Crippen molar-refractivity contribution >= 4 is 11.5 Å². The van der Waals surface area contributed by atoms with Gasteiger partial charge >= 0.3 is 6.18 Å². The van der Waals surface area contributed by atoms with Crippen LogP contribution in [0.4, 0.5) is 13.2 Å². The second-order valence-electron chi connectivity index (χ2n) is 7.33. The molecule has 1 amide bonds. The Morgan fingerprint density at radius 3 is 2.54 bits per heavy atom. The third kappa shape index (κ3) is 5.78. The average Bonchev–Trinajstić information content (AvgIpc) is 3.30. The van der Waals surface area contributed by atoms with Gasteiger partial charge in [0.25, 0.3) is 5.89 Å². The lowest BCUT2D eigenvalue weighted by atomic mass is 10.1. The van der Waals surface area contributed by atoms with Gasteiger partial charge in [-0.05, 0) is 24.3 Å². The van der Waals surface area contributed by atoms with E-state index in [4.69, 9.17) is 19.7 Å². The van der Waals surface area contributed by atoms with E-state index in [0.717, 1.165) is 12.1 Å². The van der Waals surface area contributed by atoms with Crippen LogP contribution in [0.1, 0.15) is 21.8 Å². The van der Waals surface area contributed by atoms with Gasteiger partial charge in [0, 0.05) is 31.9 Å². The molecule has 3 rings (SSSR count). The Morgan fingerprint density at radius 1 is 1.26 bits per heavy atom. The third-order valence-electron chi connectivity index (χ3n) is 4.86. The number of primary amides is 1. The summed E-state index contributed by atoms with van der Waals surface area (Å²) in [7, 11) is 4.91. The minimum absolute atomic E-state index is 0.00579.